The van der Waals surface area contributed by atoms with E-state index in [1.54, 1.807) is 9.80 Å². The molecule has 0 saturated carbocycles. The monoisotopic (exact) mass is 720 g/mol. The summed E-state index contributed by atoms with van der Waals surface area (Å²) >= 11 is 0. The number of nitrogens with one attached hydrogen (secondary N) is 1. The fraction of sp³-hybridized carbons (Fsp3) is 0.533. The van der Waals surface area contributed by atoms with Crippen molar-refractivity contribution in [3.05, 3.63) is 108 Å². The number of aliphatic hydroxyl groups is 1. The Morgan fingerprint density at radius 2 is 1.30 bits per heavy atom. The number of unbranched alkanes of at least 4 members (excludes halogenated alkanes) is 5. The standard InChI is InChI=1S/C45H60N4O4/c1-2-3-4-5-6-16-27-47-28-17-19-35(33-47)32-46-43(52)40-26-18-29-48(40)44(53)41-30-39(50)34-49(41)42(51)31-45(36-20-10-7-11-21-36,37-22-12-8-13-23-37)38-24-14-9-15-25-38/h7-15,20-25,35,39-41,50H,2-6,16-19,26-34H2,1H3,(H,46,52)/t35-,39-,40-,41+/m1/s1. The summed E-state index contributed by atoms with van der Waals surface area (Å²) in [6.07, 6.45) is 10.8. The number of likely N-dealkylation sites (tertiary alicyclic amines) is 3. The fourth-order valence-electron chi connectivity index (χ4n) is 9.12. The Kier molecular flexibility index (Phi) is 13.8. The number of carbonyl (C=O) groups is 3. The lowest BCUT2D eigenvalue weighted by molar-refractivity contribution is -0.146. The summed E-state index contributed by atoms with van der Waals surface area (Å²) in [5, 5.41) is 14.2. The average molecular weight is 721 g/mol. The van der Waals surface area contributed by atoms with Gasteiger partial charge in [-0.1, -0.05) is 130 Å². The second-order valence-corrected chi connectivity index (χ2v) is 15.6. The summed E-state index contributed by atoms with van der Waals surface area (Å²) in [4.78, 5) is 48.5. The van der Waals surface area contributed by atoms with Gasteiger partial charge in [-0.05, 0) is 67.8 Å². The van der Waals surface area contributed by atoms with Crippen molar-refractivity contribution in [3.63, 3.8) is 0 Å². The second-order valence-electron chi connectivity index (χ2n) is 15.6. The average Bonchev–Trinajstić information content (AvgIpc) is 3.86. The minimum atomic E-state index is -0.820. The lowest BCUT2D eigenvalue weighted by Gasteiger charge is -2.38. The molecular weight excluding hydrogens is 661 g/mol. The van der Waals surface area contributed by atoms with E-state index in [0.717, 1.165) is 55.6 Å². The molecule has 2 N–H and O–H groups in total. The van der Waals surface area contributed by atoms with Crippen molar-refractivity contribution in [1.29, 1.82) is 0 Å². The van der Waals surface area contributed by atoms with E-state index in [1.165, 1.54) is 38.5 Å². The zero-order valence-corrected chi connectivity index (χ0v) is 31.7. The van der Waals surface area contributed by atoms with Crippen LogP contribution in [0.2, 0.25) is 0 Å². The highest BCUT2D eigenvalue weighted by atomic mass is 16.3. The zero-order valence-electron chi connectivity index (χ0n) is 31.7. The van der Waals surface area contributed by atoms with Gasteiger partial charge >= 0.3 is 0 Å². The molecule has 6 rings (SSSR count). The third-order valence-electron chi connectivity index (χ3n) is 11.9. The maximum atomic E-state index is 14.7. The van der Waals surface area contributed by atoms with Crippen LogP contribution >= 0.6 is 0 Å². The van der Waals surface area contributed by atoms with Gasteiger partial charge in [0, 0.05) is 39.0 Å². The molecule has 3 aromatic carbocycles. The van der Waals surface area contributed by atoms with Crippen molar-refractivity contribution in [2.45, 2.75) is 108 Å². The van der Waals surface area contributed by atoms with Crippen molar-refractivity contribution >= 4 is 17.7 Å². The van der Waals surface area contributed by atoms with Gasteiger partial charge in [-0.15, -0.1) is 0 Å². The minimum absolute atomic E-state index is 0.0860. The number of nitrogens with zero attached hydrogens (tertiary/aromatic N) is 3. The molecule has 8 nitrogen and oxygen atoms in total. The van der Waals surface area contributed by atoms with E-state index in [-0.39, 0.29) is 37.1 Å². The van der Waals surface area contributed by atoms with Gasteiger partial charge in [-0.2, -0.15) is 0 Å². The largest absolute Gasteiger partial charge is 0.391 e. The van der Waals surface area contributed by atoms with Gasteiger partial charge in [0.2, 0.25) is 17.7 Å². The van der Waals surface area contributed by atoms with Crippen LogP contribution in [-0.4, -0.2) is 95.0 Å². The Morgan fingerprint density at radius 3 is 1.92 bits per heavy atom. The van der Waals surface area contributed by atoms with Gasteiger partial charge in [0.15, 0.2) is 0 Å². The molecule has 3 amide bonds. The van der Waals surface area contributed by atoms with Gasteiger partial charge in [0.1, 0.15) is 12.1 Å². The predicted molar refractivity (Wildman–Crippen MR) is 210 cm³/mol. The summed E-state index contributed by atoms with van der Waals surface area (Å²) in [5.74, 6) is -0.119. The van der Waals surface area contributed by atoms with E-state index in [1.807, 2.05) is 54.6 Å². The number of piperidine rings is 1. The van der Waals surface area contributed by atoms with E-state index >= 15 is 0 Å². The molecular formula is C45H60N4O4. The zero-order chi connectivity index (χ0) is 37.0. The highest BCUT2D eigenvalue weighted by molar-refractivity contribution is 5.93. The van der Waals surface area contributed by atoms with Crippen LogP contribution in [0.4, 0.5) is 0 Å². The van der Waals surface area contributed by atoms with Crippen molar-refractivity contribution in [3.8, 4) is 0 Å². The smallest absolute Gasteiger partial charge is 0.246 e. The number of amides is 3. The van der Waals surface area contributed by atoms with E-state index in [2.05, 4.69) is 53.5 Å². The Bertz CT molecular complexity index is 1510. The topological polar surface area (TPSA) is 93.2 Å². The molecule has 53 heavy (non-hydrogen) atoms. The van der Waals surface area contributed by atoms with Crippen LogP contribution in [0.3, 0.4) is 0 Å². The highest BCUT2D eigenvalue weighted by Gasteiger charge is 2.47. The van der Waals surface area contributed by atoms with Crippen LogP contribution in [0.5, 0.6) is 0 Å². The normalized spacial score (nSPS) is 22.2. The van der Waals surface area contributed by atoms with Crippen molar-refractivity contribution < 1.29 is 19.5 Å². The molecule has 284 valence electrons. The minimum Gasteiger partial charge on any atom is -0.391 e. The number of aliphatic hydroxyl groups excluding tert-OH is 1. The van der Waals surface area contributed by atoms with Crippen LogP contribution in [0.1, 0.15) is 101 Å². The summed E-state index contributed by atoms with van der Waals surface area (Å²) in [7, 11) is 0. The van der Waals surface area contributed by atoms with Crippen LogP contribution < -0.4 is 5.32 Å². The Hall–Kier alpha value is -4.01. The van der Waals surface area contributed by atoms with Gasteiger partial charge in [-0.25, -0.2) is 0 Å². The fourth-order valence-corrected chi connectivity index (χ4v) is 9.12. The Balaban J connectivity index is 1.12. The van der Waals surface area contributed by atoms with Crippen LogP contribution in [0, 0.1) is 5.92 Å². The molecule has 0 spiro atoms. The van der Waals surface area contributed by atoms with E-state index in [9.17, 15) is 19.5 Å². The maximum Gasteiger partial charge on any atom is 0.246 e. The third-order valence-corrected chi connectivity index (χ3v) is 11.9. The van der Waals surface area contributed by atoms with Crippen molar-refractivity contribution in [2.24, 2.45) is 5.92 Å². The molecule has 3 saturated heterocycles. The lowest BCUT2D eigenvalue weighted by atomic mass is 9.67. The molecule has 4 atom stereocenters. The first-order valence-corrected chi connectivity index (χ1v) is 20.4. The third kappa shape index (κ3) is 9.39. The number of rotatable bonds is 16. The SMILES string of the molecule is CCCCCCCCN1CCC[C@H](CNC(=O)[C@H]2CCCN2C(=O)[C@@H]2C[C@@H](O)CN2C(=O)CC(c2ccccc2)(c2ccccc2)c2ccccc2)C1. The number of carbonyl (C=O) groups excluding carboxylic acids is 3. The van der Waals surface area contributed by atoms with Crippen LogP contribution in [0.15, 0.2) is 91.0 Å². The molecule has 3 aliphatic rings. The first-order chi connectivity index (χ1) is 25.9. The maximum absolute atomic E-state index is 14.7. The first kappa shape index (κ1) is 38.7. The summed E-state index contributed by atoms with van der Waals surface area (Å²) in [5.41, 5.74) is 2.12. The Labute approximate surface area is 316 Å². The molecule has 0 aliphatic carbocycles. The molecule has 8 heteroatoms. The molecule has 3 fully saturated rings. The molecule has 0 aromatic heterocycles. The van der Waals surface area contributed by atoms with Gasteiger partial charge in [-0.3, -0.25) is 14.4 Å². The van der Waals surface area contributed by atoms with E-state index < -0.39 is 23.6 Å². The molecule has 3 aliphatic heterocycles. The lowest BCUT2D eigenvalue weighted by Crippen LogP contribution is -2.54. The summed E-state index contributed by atoms with van der Waals surface area (Å²) in [6, 6.07) is 28.8. The van der Waals surface area contributed by atoms with Gasteiger partial charge < -0.3 is 25.1 Å². The van der Waals surface area contributed by atoms with Crippen LogP contribution in [0.25, 0.3) is 0 Å². The summed E-state index contributed by atoms with van der Waals surface area (Å²) in [6.45, 7) is 6.72. The van der Waals surface area contributed by atoms with Gasteiger partial charge in [0.05, 0.1) is 11.5 Å². The molecule has 0 bridgehead atoms. The quantitative estimate of drug-likeness (QED) is 0.129. The number of hydrogen-bond acceptors (Lipinski definition) is 5. The second kappa shape index (κ2) is 18.8. The number of benzene rings is 3. The number of hydrogen-bond donors (Lipinski definition) is 2. The first-order valence-electron chi connectivity index (χ1n) is 20.4. The van der Waals surface area contributed by atoms with Crippen molar-refractivity contribution in [1.82, 2.24) is 20.0 Å². The van der Waals surface area contributed by atoms with Gasteiger partial charge in [0.25, 0.3) is 0 Å². The summed E-state index contributed by atoms with van der Waals surface area (Å²) < 4.78 is 0. The Morgan fingerprint density at radius 1 is 0.717 bits per heavy atom. The molecule has 0 unspecified atom stereocenters. The molecule has 0 radical (unpaired) electrons. The van der Waals surface area contributed by atoms with Crippen molar-refractivity contribution in [2.75, 3.05) is 39.3 Å². The van der Waals surface area contributed by atoms with Crippen LogP contribution in [-0.2, 0) is 19.8 Å². The predicted octanol–water partition coefficient (Wildman–Crippen LogP) is 6.55. The highest BCUT2D eigenvalue weighted by Crippen LogP contribution is 2.43. The number of β-amino-alcohol motifs (C(OH)–C–C–N with tert-alkyl or cyclic N) is 1. The molecule has 3 heterocycles. The van der Waals surface area contributed by atoms with E-state index in [0.29, 0.717) is 25.4 Å². The molecule has 3 aromatic rings. The van der Waals surface area contributed by atoms with E-state index in [4.69, 9.17) is 0 Å².